The van der Waals surface area contributed by atoms with Crippen molar-refractivity contribution in [2.24, 2.45) is 0 Å². The summed E-state index contributed by atoms with van der Waals surface area (Å²) in [4.78, 5) is 0. The van der Waals surface area contributed by atoms with Gasteiger partial charge in [0.1, 0.15) is 9.83 Å². The van der Waals surface area contributed by atoms with Crippen LogP contribution in [-0.2, 0) is 18.7 Å². The number of halogens is 3. The first kappa shape index (κ1) is 9.89. The van der Waals surface area contributed by atoms with Crippen LogP contribution in [-0.4, -0.2) is 24.4 Å². The van der Waals surface area contributed by atoms with E-state index in [1.54, 1.807) is 0 Å². The van der Waals surface area contributed by atoms with Crippen molar-refractivity contribution in [2.75, 3.05) is 6.26 Å². The van der Waals surface area contributed by atoms with Gasteiger partial charge in [0.2, 0.25) is 0 Å². The summed E-state index contributed by atoms with van der Waals surface area (Å²) >= 11 is 0. The smallest absolute Gasteiger partial charge is 0.243 e. The minimum absolute atomic E-state index is 0.461. The first-order chi connectivity index (χ1) is 4.19. The largest absolute Gasteiger partial charge is 0.509 e. The van der Waals surface area contributed by atoms with Gasteiger partial charge < -0.3 is 0 Å². The molecule has 0 spiro atoms. The number of rotatable bonds is 1. The van der Waals surface area contributed by atoms with Crippen molar-refractivity contribution < 1.29 is 25.8 Å². The Morgan fingerprint density at radius 2 is 1.60 bits per heavy atom. The Bertz CT molecular complexity index is 237. The molecule has 0 heterocycles. The molecule has 0 aromatic carbocycles. The fourth-order valence-corrected chi connectivity index (χ4v) is 1.20. The maximum Gasteiger partial charge on any atom is 0.509 e. The van der Waals surface area contributed by atoms with E-state index in [0.717, 1.165) is 0 Å². The van der Waals surface area contributed by atoms with Crippen LogP contribution in [0.15, 0.2) is 0 Å². The molecule has 0 aromatic heterocycles. The van der Waals surface area contributed by atoms with Gasteiger partial charge in [0.15, 0.2) is 0 Å². The summed E-state index contributed by atoms with van der Waals surface area (Å²) in [7, 11) is -8.34. The van der Waals surface area contributed by atoms with E-state index >= 15 is 0 Å². The van der Waals surface area contributed by atoms with Gasteiger partial charge in [-0.05, 0) is 0 Å². The zero-order chi connectivity index (χ0) is 8.58. The quantitative estimate of drug-likeness (QED) is 0.563. The zero-order valence-electron chi connectivity index (χ0n) is 4.68. The summed E-state index contributed by atoms with van der Waals surface area (Å²) < 4.78 is 63.7. The molecule has 0 aliphatic carbocycles. The summed E-state index contributed by atoms with van der Waals surface area (Å²) in [5, 5.41) is 0. The van der Waals surface area contributed by atoms with Crippen molar-refractivity contribution in [2.45, 2.75) is 5.51 Å². The lowest BCUT2D eigenvalue weighted by atomic mass is 11.6. The standard InChI is InChI=1S/C2H3F3O3S2/c1-9(6)10(7,8)2(3,4)5/h1H3. The molecule has 0 aliphatic heterocycles. The van der Waals surface area contributed by atoms with E-state index in [1.165, 1.54) is 0 Å². The van der Waals surface area contributed by atoms with Crippen molar-refractivity contribution in [1.82, 2.24) is 0 Å². The van der Waals surface area contributed by atoms with Gasteiger partial charge in [0.25, 0.3) is 0 Å². The van der Waals surface area contributed by atoms with Gasteiger partial charge in [-0.3, -0.25) is 0 Å². The molecule has 0 aromatic rings. The van der Waals surface area contributed by atoms with Gasteiger partial charge in [-0.2, -0.15) is 13.2 Å². The number of hydrogen-bond acceptors (Lipinski definition) is 3. The Morgan fingerprint density at radius 1 is 1.30 bits per heavy atom. The molecule has 0 saturated heterocycles. The highest BCUT2D eigenvalue weighted by molar-refractivity contribution is 8.64. The molecule has 0 fully saturated rings. The average molecular weight is 196 g/mol. The van der Waals surface area contributed by atoms with Crippen LogP contribution in [0.25, 0.3) is 0 Å². The fourth-order valence-electron chi connectivity index (χ4n) is 0.133. The van der Waals surface area contributed by atoms with Gasteiger partial charge in [-0.15, -0.1) is 0 Å². The molecule has 1 atom stereocenters. The maximum absolute atomic E-state index is 11.3. The molecule has 0 bridgehead atoms. The van der Waals surface area contributed by atoms with E-state index < -0.39 is 24.2 Å². The lowest BCUT2D eigenvalue weighted by Crippen LogP contribution is -2.26. The summed E-state index contributed by atoms with van der Waals surface area (Å²) in [6, 6.07) is 0. The molecule has 0 amide bonds. The third-order valence-corrected chi connectivity index (χ3v) is 4.20. The van der Waals surface area contributed by atoms with E-state index in [0.29, 0.717) is 6.26 Å². The zero-order valence-corrected chi connectivity index (χ0v) is 6.31. The monoisotopic (exact) mass is 196 g/mol. The minimum atomic E-state index is -5.44. The first-order valence-corrected chi connectivity index (χ1v) is 5.40. The van der Waals surface area contributed by atoms with Crippen molar-refractivity contribution in [3.05, 3.63) is 0 Å². The van der Waals surface area contributed by atoms with E-state index in [9.17, 15) is 25.8 Å². The van der Waals surface area contributed by atoms with Crippen molar-refractivity contribution in [3.8, 4) is 0 Å². The first-order valence-electron chi connectivity index (χ1n) is 1.85. The Morgan fingerprint density at radius 3 is 1.60 bits per heavy atom. The molecular formula is C2H3F3O3S2. The maximum atomic E-state index is 11.3. The highest BCUT2D eigenvalue weighted by Crippen LogP contribution is 2.25. The lowest BCUT2D eigenvalue weighted by molar-refractivity contribution is -0.0411. The highest BCUT2D eigenvalue weighted by atomic mass is 33.2. The third-order valence-electron chi connectivity index (χ3n) is 0.592. The number of alkyl halides is 3. The van der Waals surface area contributed by atoms with Crippen LogP contribution in [0.4, 0.5) is 13.2 Å². The van der Waals surface area contributed by atoms with Crippen LogP contribution in [0.5, 0.6) is 0 Å². The Labute approximate surface area is 57.0 Å². The molecule has 0 radical (unpaired) electrons. The minimum Gasteiger partial charge on any atom is -0.243 e. The van der Waals surface area contributed by atoms with E-state index in [2.05, 4.69) is 0 Å². The highest BCUT2D eigenvalue weighted by Gasteiger charge is 2.48. The summed E-state index contributed by atoms with van der Waals surface area (Å²) in [6.07, 6.45) is 0.461. The van der Waals surface area contributed by atoms with Crippen LogP contribution < -0.4 is 0 Å². The van der Waals surface area contributed by atoms with E-state index in [4.69, 9.17) is 0 Å². The topological polar surface area (TPSA) is 51.2 Å². The molecular weight excluding hydrogens is 193 g/mol. The van der Waals surface area contributed by atoms with Crippen LogP contribution >= 0.6 is 0 Å². The number of hydrogen-bond donors (Lipinski definition) is 0. The SMILES string of the molecule is CS(=O)S(=O)(=O)C(F)(F)F. The lowest BCUT2D eigenvalue weighted by Gasteiger charge is -2.02. The summed E-state index contributed by atoms with van der Waals surface area (Å²) in [6.45, 7) is 0. The predicted molar refractivity (Wildman–Crippen MR) is 29.0 cm³/mol. The average Bonchev–Trinajstić information content (AvgIpc) is 1.62. The molecule has 1 unspecified atom stereocenters. The fraction of sp³-hybridized carbons (Fsp3) is 1.00. The van der Waals surface area contributed by atoms with Crippen LogP contribution in [0.2, 0.25) is 0 Å². The van der Waals surface area contributed by atoms with Gasteiger partial charge in [-0.25, -0.2) is 12.6 Å². The van der Waals surface area contributed by atoms with Crippen molar-refractivity contribution >= 4 is 18.7 Å². The summed E-state index contributed by atoms with van der Waals surface area (Å²) in [5.41, 5.74) is -5.41. The molecule has 0 N–H and O–H groups in total. The Balaban J connectivity index is 4.98. The van der Waals surface area contributed by atoms with Gasteiger partial charge in [-0.1, -0.05) is 0 Å². The van der Waals surface area contributed by atoms with Crippen LogP contribution in [0, 0.1) is 0 Å². The molecule has 10 heavy (non-hydrogen) atoms. The van der Waals surface area contributed by atoms with Crippen molar-refractivity contribution in [3.63, 3.8) is 0 Å². The predicted octanol–water partition coefficient (Wildman–Crippen LogP) is 0.215. The molecule has 0 saturated carbocycles. The van der Waals surface area contributed by atoms with Crippen molar-refractivity contribution in [1.29, 1.82) is 0 Å². The second-order valence-electron chi connectivity index (χ2n) is 1.30. The Kier molecular flexibility index (Phi) is 2.47. The molecule has 8 heteroatoms. The van der Waals surface area contributed by atoms with Gasteiger partial charge >= 0.3 is 14.4 Å². The van der Waals surface area contributed by atoms with Gasteiger partial charge in [0, 0.05) is 6.26 Å². The normalized spacial score (nSPS) is 16.8. The second kappa shape index (κ2) is 2.50. The van der Waals surface area contributed by atoms with Crippen LogP contribution in [0.3, 0.4) is 0 Å². The molecule has 0 rings (SSSR count). The summed E-state index contributed by atoms with van der Waals surface area (Å²) in [5.74, 6) is 0. The Hall–Kier alpha value is -0.110. The molecule has 62 valence electrons. The third kappa shape index (κ3) is 1.69. The second-order valence-corrected chi connectivity index (χ2v) is 6.20. The van der Waals surface area contributed by atoms with Gasteiger partial charge in [0.05, 0.1) is 0 Å². The molecule has 3 nitrogen and oxygen atoms in total. The van der Waals surface area contributed by atoms with E-state index in [1.807, 2.05) is 0 Å². The van der Waals surface area contributed by atoms with E-state index in [-0.39, 0.29) is 0 Å². The molecule has 0 aliphatic rings. The van der Waals surface area contributed by atoms with Crippen LogP contribution in [0.1, 0.15) is 0 Å².